The SMILES string of the molecule is Cc1ccc(-c2cc3c4nnc(SCC(=O)NC5CCCCC5)n4ccn3n2)cc1C. The van der Waals surface area contributed by atoms with E-state index in [1.165, 1.54) is 42.2 Å². The predicted molar refractivity (Wildman–Crippen MR) is 122 cm³/mol. The number of thioether (sulfide) groups is 1. The first-order valence-corrected chi connectivity index (χ1v) is 11.8. The maximum absolute atomic E-state index is 12.4. The van der Waals surface area contributed by atoms with Crippen molar-refractivity contribution >= 4 is 28.8 Å². The molecule has 0 atom stereocenters. The Morgan fingerprint density at radius 1 is 1.10 bits per heavy atom. The predicted octanol–water partition coefficient (Wildman–Crippen LogP) is 4.20. The fourth-order valence-corrected chi connectivity index (χ4v) is 4.91. The fraction of sp³-hybridized carbons (Fsp3) is 0.391. The van der Waals surface area contributed by atoms with Gasteiger partial charge in [-0.05, 0) is 49.9 Å². The topological polar surface area (TPSA) is 76.6 Å². The van der Waals surface area contributed by atoms with E-state index in [1.807, 2.05) is 27.4 Å². The lowest BCUT2D eigenvalue weighted by Crippen LogP contribution is -2.37. The Morgan fingerprint density at radius 3 is 2.74 bits per heavy atom. The maximum atomic E-state index is 12.4. The summed E-state index contributed by atoms with van der Waals surface area (Å²) in [7, 11) is 0. The van der Waals surface area contributed by atoms with Crippen LogP contribution >= 0.6 is 11.8 Å². The normalized spacial score (nSPS) is 15.0. The molecule has 1 amide bonds. The van der Waals surface area contributed by atoms with Gasteiger partial charge in [0, 0.05) is 24.0 Å². The number of carbonyl (C=O) groups excluding carboxylic acids is 1. The maximum Gasteiger partial charge on any atom is 0.230 e. The molecule has 1 fully saturated rings. The van der Waals surface area contributed by atoms with Crippen LogP contribution in [0.3, 0.4) is 0 Å². The van der Waals surface area contributed by atoms with E-state index in [0.29, 0.717) is 17.0 Å². The van der Waals surface area contributed by atoms with Gasteiger partial charge in [0.25, 0.3) is 0 Å². The van der Waals surface area contributed by atoms with Crippen molar-refractivity contribution in [3.05, 3.63) is 47.8 Å². The number of amides is 1. The number of carbonyl (C=O) groups is 1. The van der Waals surface area contributed by atoms with Gasteiger partial charge in [-0.2, -0.15) is 5.10 Å². The third-order valence-corrected chi connectivity index (χ3v) is 7.03. The third-order valence-electron chi connectivity index (χ3n) is 6.09. The number of aryl methyl sites for hydroxylation is 2. The van der Waals surface area contributed by atoms with E-state index in [0.717, 1.165) is 35.3 Å². The van der Waals surface area contributed by atoms with E-state index in [4.69, 9.17) is 5.10 Å². The zero-order chi connectivity index (χ0) is 21.4. The molecule has 3 aromatic heterocycles. The largest absolute Gasteiger partial charge is 0.353 e. The zero-order valence-electron chi connectivity index (χ0n) is 17.8. The Kier molecular flexibility index (Phi) is 5.40. The van der Waals surface area contributed by atoms with Crippen molar-refractivity contribution in [1.29, 1.82) is 0 Å². The quantitative estimate of drug-likeness (QED) is 0.477. The van der Waals surface area contributed by atoms with Crippen LogP contribution in [0.1, 0.15) is 43.2 Å². The zero-order valence-corrected chi connectivity index (χ0v) is 18.7. The molecule has 0 aliphatic heterocycles. The second-order valence-corrected chi connectivity index (χ2v) is 9.27. The number of rotatable bonds is 5. The van der Waals surface area contributed by atoms with Crippen LogP contribution in [0.25, 0.3) is 22.4 Å². The highest BCUT2D eigenvalue weighted by Crippen LogP contribution is 2.25. The van der Waals surface area contributed by atoms with Gasteiger partial charge in [-0.1, -0.05) is 43.2 Å². The van der Waals surface area contributed by atoms with Crippen molar-refractivity contribution in [3.63, 3.8) is 0 Å². The van der Waals surface area contributed by atoms with E-state index >= 15 is 0 Å². The molecule has 0 saturated heterocycles. The molecule has 8 heteroatoms. The van der Waals surface area contributed by atoms with Gasteiger partial charge < -0.3 is 5.32 Å². The number of hydrogen-bond acceptors (Lipinski definition) is 5. The monoisotopic (exact) mass is 434 g/mol. The molecule has 1 aromatic carbocycles. The van der Waals surface area contributed by atoms with Crippen LogP contribution in [0.15, 0.2) is 41.8 Å². The minimum absolute atomic E-state index is 0.0658. The summed E-state index contributed by atoms with van der Waals surface area (Å²) in [5, 5.41) is 17.3. The van der Waals surface area contributed by atoms with Crippen molar-refractivity contribution in [2.24, 2.45) is 0 Å². The number of nitrogens with one attached hydrogen (secondary N) is 1. The van der Waals surface area contributed by atoms with Gasteiger partial charge in [-0.15, -0.1) is 10.2 Å². The second kappa shape index (κ2) is 8.34. The average Bonchev–Trinajstić information content (AvgIpc) is 3.39. The van der Waals surface area contributed by atoms with Gasteiger partial charge in [0.15, 0.2) is 10.8 Å². The lowest BCUT2D eigenvalue weighted by Gasteiger charge is -2.22. The van der Waals surface area contributed by atoms with E-state index in [-0.39, 0.29) is 5.91 Å². The second-order valence-electron chi connectivity index (χ2n) is 8.32. The first-order chi connectivity index (χ1) is 15.1. The molecule has 5 rings (SSSR count). The smallest absolute Gasteiger partial charge is 0.230 e. The van der Waals surface area contributed by atoms with Crippen LogP contribution in [0, 0.1) is 13.8 Å². The Labute approximate surface area is 185 Å². The summed E-state index contributed by atoms with van der Waals surface area (Å²) < 4.78 is 3.76. The standard InChI is InChI=1S/C23H26N6OS/c1-15-8-9-17(12-16(15)2)19-13-20-22-25-26-23(28(22)10-11-29(20)27-19)31-14-21(30)24-18-6-4-3-5-7-18/h8-13,18H,3-7,14H2,1-2H3,(H,24,30). The van der Waals surface area contributed by atoms with E-state index in [1.54, 1.807) is 0 Å². The summed E-state index contributed by atoms with van der Waals surface area (Å²) in [5.41, 5.74) is 6.12. The molecule has 3 heterocycles. The highest BCUT2D eigenvalue weighted by atomic mass is 32.2. The Balaban J connectivity index is 1.36. The molecule has 1 aliphatic carbocycles. The van der Waals surface area contributed by atoms with Crippen LogP contribution in [0.4, 0.5) is 0 Å². The number of benzene rings is 1. The lowest BCUT2D eigenvalue weighted by molar-refractivity contribution is -0.119. The highest BCUT2D eigenvalue weighted by molar-refractivity contribution is 7.99. The van der Waals surface area contributed by atoms with Gasteiger partial charge in [0.2, 0.25) is 5.91 Å². The number of fused-ring (bicyclic) bond motifs is 3. The molecule has 1 saturated carbocycles. The number of aromatic nitrogens is 5. The first kappa shape index (κ1) is 20.1. The molecular formula is C23H26N6OS. The molecule has 1 N–H and O–H groups in total. The van der Waals surface area contributed by atoms with Gasteiger partial charge >= 0.3 is 0 Å². The van der Waals surface area contributed by atoms with Crippen LogP contribution in [0.2, 0.25) is 0 Å². The van der Waals surface area contributed by atoms with Gasteiger partial charge in [-0.3, -0.25) is 9.20 Å². The highest BCUT2D eigenvalue weighted by Gasteiger charge is 2.17. The van der Waals surface area contributed by atoms with Crippen molar-refractivity contribution < 1.29 is 4.79 Å². The fourth-order valence-electron chi connectivity index (χ4n) is 4.18. The third kappa shape index (κ3) is 4.04. The first-order valence-electron chi connectivity index (χ1n) is 10.8. The Morgan fingerprint density at radius 2 is 1.94 bits per heavy atom. The van der Waals surface area contributed by atoms with Gasteiger partial charge in [-0.25, -0.2) is 4.52 Å². The van der Waals surface area contributed by atoms with Crippen molar-refractivity contribution in [1.82, 2.24) is 29.5 Å². The van der Waals surface area contributed by atoms with Gasteiger partial charge in [0.05, 0.1) is 11.4 Å². The number of hydrogen-bond donors (Lipinski definition) is 1. The summed E-state index contributed by atoms with van der Waals surface area (Å²) in [6.07, 6.45) is 9.68. The molecule has 0 bridgehead atoms. The summed E-state index contributed by atoms with van der Waals surface area (Å²) in [6.45, 7) is 4.22. The lowest BCUT2D eigenvalue weighted by atomic mass is 9.95. The van der Waals surface area contributed by atoms with E-state index in [9.17, 15) is 4.79 Å². The van der Waals surface area contributed by atoms with Crippen LogP contribution in [-0.2, 0) is 4.79 Å². The molecule has 0 radical (unpaired) electrons. The van der Waals surface area contributed by atoms with Crippen LogP contribution in [0.5, 0.6) is 0 Å². The molecule has 0 spiro atoms. The van der Waals surface area contributed by atoms with Crippen molar-refractivity contribution in [2.45, 2.75) is 57.1 Å². The van der Waals surface area contributed by atoms with Crippen molar-refractivity contribution in [3.8, 4) is 11.3 Å². The summed E-state index contributed by atoms with van der Waals surface area (Å²) in [6, 6.07) is 8.74. The number of nitrogens with zero attached hydrogens (tertiary/aromatic N) is 5. The molecule has 160 valence electrons. The summed E-state index contributed by atoms with van der Waals surface area (Å²) >= 11 is 1.42. The minimum atomic E-state index is 0.0658. The summed E-state index contributed by atoms with van der Waals surface area (Å²) in [5.74, 6) is 0.409. The molecule has 1 aliphatic rings. The van der Waals surface area contributed by atoms with Crippen molar-refractivity contribution in [2.75, 3.05) is 5.75 Å². The van der Waals surface area contributed by atoms with Crippen LogP contribution in [-0.4, -0.2) is 41.9 Å². The average molecular weight is 435 g/mol. The van der Waals surface area contributed by atoms with Gasteiger partial charge in [0.1, 0.15) is 5.52 Å². The van der Waals surface area contributed by atoms with E-state index in [2.05, 4.69) is 47.6 Å². The van der Waals surface area contributed by atoms with E-state index < -0.39 is 0 Å². The molecule has 4 aromatic rings. The summed E-state index contributed by atoms with van der Waals surface area (Å²) in [4.78, 5) is 12.4. The Hall–Kier alpha value is -2.87. The Bertz CT molecular complexity index is 1250. The molecule has 7 nitrogen and oxygen atoms in total. The molecule has 0 unspecified atom stereocenters. The minimum Gasteiger partial charge on any atom is -0.353 e. The molecular weight excluding hydrogens is 408 g/mol. The molecule has 31 heavy (non-hydrogen) atoms. The van der Waals surface area contributed by atoms with Crippen LogP contribution < -0.4 is 5.32 Å².